The highest BCUT2D eigenvalue weighted by molar-refractivity contribution is 7.82. The van der Waals surface area contributed by atoms with Gasteiger partial charge in [0.25, 0.3) is 11.8 Å². The van der Waals surface area contributed by atoms with Crippen molar-refractivity contribution < 1.29 is 18.4 Å². The quantitative estimate of drug-likeness (QED) is 0.605. The summed E-state index contributed by atoms with van der Waals surface area (Å²) in [6.45, 7) is 0. The fourth-order valence-corrected chi connectivity index (χ4v) is 2.83. The summed E-state index contributed by atoms with van der Waals surface area (Å²) >= 11 is -1.44. The number of nitrogens with zero attached hydrogens (tertiary/aromatic N) is 1. The lowest BCUT2D eigenvalue weighted by Gasteiger charge is -2.01. The lowest BCUT2D eigenvalue weighted by Crippen LogP contribution is -2.16. The Kier molecular flexibility index (Phi) is 3.74. The molecule has 0 saturated heterocycles. The van der Waals surface area contributed by atoms with E-state index in [0.717, 1.165) is 11.3 Å². The van der Waals surface area contributed by atoms with Crippen LogP contribution in [0.15, 0.2) is 22.5 Å². The molecule has 5 N–H and O–H groups in total. The van der Waals surface area contributed by atoms with Gasteiger partial charge in [0.05, 0.1) is 5.56 Å². The van der Waals surface area contributed by atoms with Gasteiger partial charge in [-0.05, 0) is 12.1 Å². The molecule has 0 spiro atoms. The third kappa shape index (κ3) is 2.86. The van der Waals surface area contributed by atoms with Crippen molar-refractivity contribution in [2.45, 2.75) is 4.21 Å². The van der Waals surface area contributed by atoms with Crippen LogP contribution in [0.25, 0.3) is 0 Å². The van der Waals surface area contributed by atoms with Crippen LogP contribution < -0.4 is 11.1 Å². The number of thiophene rings is 1. The monoisotopic (exact) mass is 300 g/mol. The van der Waals surface area contributed by atoms with Gasteiger partial charge in [-0.25, -0.2) is 4.21 Å². The fraction of sp³-hybridized carbons (Fsp3) is 0. The van der Waals surface area contributed by atoms with E-state index in [0.29, 0.717) is 0 Å². The zero-order chi connectivity index (χ0) is 14.0. The fourth-order valence-electron chi connectivity index (χ4n) is 1.28. The summed E-state index contributed by atoms with van der Waals surface area (Å²) in [6, 6.07) is 2.61. The Morgan fingerprint density at radius 1 is 1.53 bits per heavy atom. The molecule has 19 heavy (non-hydrogen) atoms. The molecule has 100 valence electrons. The summed E-state index contributed by atoms with van der Waals surface area (Å²) in [5, 5.41) is 8.61. The Morgan fingerprint density at radius 3 is 2.79 bits per heavy atom. The molecular formula is C9H8N4O4S2. The molecule has 2 amide bonds. The van der Waals surface area contributed by atoms with E-state index in [1.165, 1.54) is 18.3 Å². The molecular weight excluding hydrogens is 292 g/mol. The Hall–Kier alpha value is -2.04. The van der Waals surface area contributed by atoms with Gasteiger partial charge >= 0.3 is 0 Å². The van der Waals surface area contributed by atoms with E-state index < -0.39 is 22.9 Å². The largest absolute Gasteiger partial charge is 0.366 e. The molecule has 8 nitrogen and oxygen atoms in total. The maximum absolute atomic E-state index is 11.8. The molecule has 0 bridgehead atoms. The molecule has 0 aliphatic rings. The minimum atomic E-state index is -2.25. The molecule has 2 rings (SSSR count). The Labute approximate surface area is 113 Å². The van der Waals surface area contributed by atoms with Crippen molar-refractivity contribution in [3.05, 3.63) is 29.6 Å². The van der Waals surface area contributed by atoms with Crippen LogP contribution in [0.5, 0.6) is 0 Å². The van der Waals surface area contributed by atoms with Crippen LogP contribution in [0.1, 0.15) is 20.8 Å². The predicted molar refractivity (Wildman–Crippen MR) is 68.4 cm³/mol. The van der Waals surface area contributed by atoms with Crippen LogP contribution in [0, 0.1) is 0 Å². The number of nitrogens with one attached hydrogen (secondary N) is 2. The van der Waals surface area contributed by atoms with Crippen molar-refractivity contribution in [3.63, 3.8) is 0 Å². The van der Waals surface area contributed by atoms with Gasteiger partial charge in [0.1, 0.15) is 14.9 Å². The minimum Gasteiger partial charge on any atom is -0.366 e. The van der Waals surface area contributed by atoms with Crippen molar-refractivity contribution in [1.82, 2.24) is 10.2 Å². The number of amides is 2. The van der Waals surface area contributed by atoms with E-state index in [4.69, 9.17) is 10.3 Å². The van der Waals surface area contributed by atoms with Crippen molar-refractivity contribution in [2.75, 3.05) is 5.32 Å². The first kappa shape index (κ1) is 13.4. The zero-order valence-electron chi connectivity index (χ0n) is 9.25. The highest BCUT2D eigenvalue weighted by Gasteiger charge is 2.19. The van der Waals surface area contributed by atoms with E-state index in [-0.39, 0.29) is 20.5 Å². The molecule has 0 fully saturated rings. The summed E-state index contributed by atoms with van der Waals surface area (Å²) in [7, 11) is 0. The maximum Gasteiger partial charge on any atom is 0.274 e. The second-order valence-electron chi connectivity index (χ2n) is 3.35. The highest BCUT2D eigenvalue weighted by Crippen LogP contribution is 2.30. The van der Waals surface area contributed by atoms with E-state index in [2.05, 4.69) is 15.5 Å². The molecule has 0 aliphatic heterocycles. The standard InChI is InChI=1S/C9H8N4O4S2/c10-7(14)4-3-6(19(16)17)18-9(4)12-8(15)5-1-2-11-13-5/h1-3H,(H2,10,14)(H,11,13)(H,12,15)(H,16,17). The number of hydrogen-bond donors (Lipinski definition) is 4. The first-order chi connectivity index (χ1) is 8.99. The van der Waals surface area contributed by atoms with E-state index >= 15 is 0 Å². The molecule has 2 aromatic rings. The van der Waals surface area contributed by atoms with Crippen LogP contribution in [-0.4, -0.2) is 30.8 Å². The zero-order valence-corrected chi connectivity index (χ0v) is 10.9. The van der Waals surface area contributed by atoms with Crippen molar-refractivity contribution in [3.8, 4) is 0 Å². The molecule has 0 radical (unpaired) electrons. The number of anilines is 1. The number of rotatable bonds is 4. The van der Waals surface area contributed by atoms with Crippen LogP contribution in [-0.2, 0) is 11.1 Å². The number of carbonyl (C=O) groups excluding carboxylic acids is 2. The smallest absolute Gasteiger partial charge is 0.274 e. The number of nitrogens with two attached hydrogens (primary N) is 1. The van der Waals surface area contributed by atoms with Crippen molar-refractivity contribution >= 4 is 39.2 Å². The minimum absolute atomic E-state index is 0.0183. The average Bonchev–Trinajstić information content (AvgIpc) is 2.97. The predicted octanol–water partition coefficient (Wildman–Crippen LogP) is 0.403. The highest BCUT2D eigenvalue weighted by atomic mass is 32.2. The number of primary amides is 1. The van der Waals surface area contributed by atoms with Crippen LogP contribution in [0.4, 0.5) is 5.00 Å². The Bertz CT molecular complexity index is 649. The first-order valence-corrected chi connectivity index (χ1v) is 6.76. The van der Waals surface area contributed by atoms with E-state index in [1.807, 2.05) is 0 Å². The van der Waals surface area contributed by atoms with Gasteiger partial charge < -0.3 is 15.6 Å². The number of carbonyl (C=O) groups is 2. The first-order valence-electron chi connectivity index (χ1n) is 4.84. The number of hydrogen-bond acceptors (Lipinski definition) is 5. The summed E-state index contributed by atoms with van der Waals surface area (Å²) in [5.41, 5.74) is 5.31. The number of aromatic nitrogens is 2. The summed E-state index contributed by atoms with van der Waals surface area (Å²) in [4.78, 5) is 23.0. The van der Waals surface area contributed by atoms with Gasteiger partial charge in [-0.15, -0.1) is 11.3 Å². The normalized spacial score (nSPS) is 12.1. The van der Waals surface area contributed by atoms with Gasteiger partial charge in [0, 0.05) is 6.20 Å². The van der Waals surface area contributed by atoms with Crippen LogP contribution >= 0.6 is 11.3 Å². The van der Waals surface area contributed by atoms with Gasteiger partial charge in [0.15, 0.2) is 11.1 Å². The van der Waals surface area contributed by atoms with Crippen molar-refractivity contribution in [1.29, 1.82) is 0 Å². The summed E-state index contributed by atoms with van der Waals surface area (Å²) < 4.78 is 19.9. The van der Waals surface area contributed by atoms with Crippen molar-refractivity contribution in [2.24, 2.45) is 5.73 Å². The van der Waals surface area contributed by atoms with E-state index in [9.17, 15) is 13.8 Å². The third-order valence-electron chi connectivity index (χ3n) is 2.12. The van der Waals surface area contributed by atoms with Gasteiger partial charge in [-0.2, -0.15) is 5.10 Å². The lowest BCUT2D eigenvalue weighted by molar-refractivity contribution is 0.100. The summed E-state index contributed by atoms with van der Waals surface area (Å²) in [6.07, 6.45) is 1.40. The SMILES string of the molecule is NC(=O)c1cc(S(=O)O)sc1NC(=O)c1ccn[nH]1. The van der Waals surface area contributed by atoms with Gasteiger partial charge in [-0.1, -0.05) is 0 Å². The molecule has 1 atom stereocenters. The molecule has 0 aromatic carbocycles. The van der Waals surface area contributed by atoms with Gasteiger partial charge in [-0.3, -0.25) is 14.7 Å². The molecule has 1 unspecified atom stereocenters. The van der Waals surface area contributed by atoms with Gasteiger partial charge in [0.2, 0.25) is 0 Å². The van der Waals surface area contributed by atoms with Crippen LogP contribution in [0.2, 0.25) is 0 Å². The lowest BCUT2D eigenvalue weighted by atomic mass is 10.3. The van der Waals surface area contributed by atoms with Crippen LogP contribution in [0.3, 0.4) is 0 Å². The molecule has 0 aliphatic carbocycles. The molecule has 2 aromatic heterocycles. The second kappa shape index (κ2) is 5.30. The molecule has 0 saturated carbocycles. The second-order valence-corrected chi connectivity index (χ2v) is 5.59. The Balaban J connectivity index is 2.31. The third-order valence-corrected chi connectivity index (χ3v) is 4.10. The Morgan fingerprint density at radius 2 is 2.26 bits per heavy atom. The number of aromatic amines is 1. The molecule has 10 heteroatoms. The molecule has 2 heterocycles. The van der Waals surface area contributed by atoms with E-state index in [1.54, 1.807) is 0 Å². The average molecular weight is 300 g/mol. The number of H-pyrrole nitrogens is 1. The summed E-state index contributed by atoms with van der Waals surface area (Å²) in [5.74, 6) is -1.33. The topological polar surface area (TPSA) is 138 Å². The maximum atomic E-state index is 11.8.